The Kier molecular flexibility index (Phi) is 6.63. The third-order valence-electron chi connectivity index (χ3n) is 5.78. The van der Waals surface area contributed by atoms with Crippen molar-refractivity contribution in [3.05, 3.63) is 111 Å². The van der Waals surface area contributed by atoms with Crippen molar-refractivity contribution in [3.63, 3.8) is 0 Å². The number of rotatable bonds is 6. The van der Waals surface area contributed by atoms with Crippen LogP contribution in [0.15, 0.2) is 84.3 Å². The number of fused-ring (bicyclic) bond motifs is 1. The first-order chi connectivity index (χ1) is 17.4. The van der Waals surface area contributed by atoms with Crippen LogP contribution in [0.1, 0.15) is 24.1 Å². The third-order valence-corrected chi connectivity index (χ3v) is 6.39. The topological polar surface area (TPSA) is 81.1 Å². The number of aromatic nitrogens is 3. The zero-order valence-corrected chi connectivity index (χ0v) is 20.5. The lowest BCUT2D eigenvalue weighted by Gasteiger charge is -2.28. The number of nitrogens with one attached hydrogen (secondary N) is 2. The van der Waals surface area contributed by atoms with Crippen molar-refractivity contribution < 1.29 is 13.9 Å². The van der Waals surface area contributed by atoms with Crippen LogP contribution in [-0.2, 0) is 11.4 Å². The molecule has 0 saturated heterocycles. The van der Waals surface area contributed by atoms with E-state index in [9.17, 15) is 9.18 Å². The number of carbonyl (C=O) groups is 1. The number of halogens is 3. The van der Waals surface area contributed by atoms with Gasteiger partial charge in [-0.1, -0.05) is 41.4 Å². The molecule has 4 aromatic rings. The monoisotopic (exact) mass is 523 g/mol. The molecule has 0 fully saturated rings. The van der Waals surface area contributed by atoms with Crippen LogP contribution < -0.4 is 15.4 Å². The Bertz CT molecular complexity index is 1430. The predicted molar refractivity (Wildman–Crippen MR) is 137 cm³/mol. The molecule has 7 nitrogen and oxygen atoms in total. The van der Waals surface area contributed by atoms with Gasteiger partial charge in [0, 0.05) is 22.0 Å². The molecule has 2 N–H and O–H groups in total. The van der Waals surface area contributed by atoms with Crippen molar-refractivity contribution in [1.82, 2.24) is 14.8 Å². The van der Waals surface area contributed by atoms with Crippen LogP contribution in [0.3, 0.4) is 0 Å². The first-order valence-corrected chi connectivity index (χ1v) is 11.8. The van der Waals surface area contributed by atoms with Gasteiger partial charge in [0.2, 0.25) is 5.95 Å². The van der Waals surface area contributed by atoms with Crippen molar-refractivity contribution in [2.45, 2.75) is 19.6 Å². The van der Waals surface area contributed by atoms with Crippen LogP contribution in [0.2, 0.25) is 10.0 Å². The summed E-state index contributed by atoms with van der Waals surface area (Å²) in [6, 6.07) is 18.0. The summed E-state index contributed by atoms with van der Waals surface area (Å²) in [4.78, 5) is 17.6. The van der Waals surface area contributed by atoms with Crippen molar-refractivity contribution in [3.8, 4) is 5.75 Å². The van der Waals surface area contributed by atoms with E-state index in [4.69, 9.17) is 27.9 Å². The van der Waals surface area contributed by atoms with Gasteiger partial charge in [0.05, 0.1) is 10.6 Å². The third kappa shape index (κ3) is 4.78. The van der Waals surface area contributed by atoms with Gasteiger partial charge in [-0.05, 0) is 61.0 Å². The van der Waals surface area contributed by atoms with E-state index in [2.05, 4.69) is 20.7 Å². The van der Waals surface area contributed by atoms with Gasteiger partial charge in [-0.15, -0.1) is 0 Å². The summed E-state index contributed by atoms with van der Waals surface area (Å²) in [5, 5.41) is 11.3. The Morgan fingerprint density at radius 1 is 1.11 bits per heavy atom. The molecule has 0 bridgehead atoms. The standard InChI is InChI=1S/C26H20Cl2FN5O2/c1-15-23(25(35)33-18-9-7-17(27)8-10-18)24(34-26(32-15)30-14-31-34)16-5-11-19(12-6-16)36-13-20-21(28)3-2-4-22(20)29/h2-12,14,24H,13H2,1H3,(H,33,35)(H,30,31,32)/t24-/m0/s1. The van der Waals surface area contributed by atoms with E-state index < -0.39 is 11.9 Å². The van der Waals surface area contributed by atoms with Crippen molar-refractivity contribution in [2.24, 2.45) is 0 Å². The van der Waals surface area contributed by atoms with Crippen molar-refractivity contribution in [2.75, 3.05) is 10.6 Å². The molecule has 0 aliphatic carbocycles. The molecule has 0 saturated carbocycles. The van der Waals surface area contributed by atoms with E-state index in [0.29, 0.717) is 38.7 Å². The van der Waals surface area contributed by atoms with Crippen LogP contribution in [0.25, 0.3) is 0 Å². The molecule has 3 aromatic carbocycles. The lowest BCUT2D eigenvalue weighted by Crippen LogP contribution is -2.31. The Morgan fingerprint density at radius 3 is 2.58 bits per heavy atom. The molecule has 1 aliphatic rings. The second kappa shape index (κ2) is 10.0. The molecule has 1 amide bonds. The maximum atomic E-state index is 14.1. The smallest absolute Gasteiger partial charge is 0.255 e. The van der Waals surface area contributed by atoms with Gasteiger partial charge in [-0.2, -0.15) is 10.1 Å². The highest BCUT2D eigenvalue weighted by molar-refractivity contribution is 6.31. The maximum Gasteiger partial charge on any atom is 0.255 e. The van der Waals surface area contributed by atoms with Crippen molar-refractivity contribution >= 4 is 40.7 Å². The zero-order chi connectivity index (χ0) is 25.2. The molecule has 1 atom stereocenters. The molecule has 182 valence electrons. The average molecular weight is 524 g/mol. The summed E-state index contributed by atoms with van der Waals surface area (Å²) >= 11 is 12.1. The molecule has 0 spiro atoms. The van der Waals surface area contributed by atoms with E-state index in [1.54, 1.807) is 53.2 Å². The number of hydrogen-bond acceptors (Lipinski definition) is 5. The van der Waals surface area contributed by atoms with E-state index in [1.807, 2.05) is 19.1 Å². The van der Waals surface area contributed by atoms with E-state index in [-0.39, 0.29) is 18.1 Å². The lowest BCUT2D eigenvalue weighted by atomic mass is 9.95. The number of allylic oxidation sites excluding steroid dienone is 1. The molecule has 5 rings (SSSR count). The SMILES string of the molecule is CC1=C(C(=O)Nc2ccc(Cl)cc2)[C@H](c2ccc(OCc3c(F)cccc3Cl)cc2)n2ncnc2N1. The number of anilines is 2. The molecule has 2 heterocycles. The van der Waals surface area contributed by atoms with E-state index in [1.165, 1.54) is 12.4 Å². The molecule has 10 heteroatoms. The summed E-state index contributed by atoms with van der Waals surface area (Å²) in [5.74, 6) is 0.334. The zero-order valence-electron chi connectivity index (χ0n) is 19.0. The molecule has 1 aromatic heterocycles. The van der Waals surface area contributed by atoms with E-state index >= 15 is 0 Å². The Labute approximate surface area is 216 Å². The molecular formula is C26H20Cl2FN5O2. The second-order valence-electron chi connectivity index (χ2n) is 8.11. The Morgan fingerprint density at radius 2 is 1.86 bits per heavy atom. The average Bonchev–Trinajstić information content (AvgIpc) is 3.33. The highest BCUT2D eigenvalue weighted by Gasteiger charge is 2.33. The molecule has 36 heavy (non-hydrogen) atoms. The number of ether oxygens (including phenoxy) is 1. The van der Waals surface area contributed by atoms with Gasteiger partial charge in [0.15, 0.2) is 0 Å². The highest BCUT2D eigenvalue weighted by Crippen LogP contribution is 2.36. The number of hydrogen-bond donors (Lipinski definition) is 2. The fraction of sp³-hybridized carbons (Fsp3) is 0.115. The maximum absolute atomic E-state index is 14.1. The lowest BCUT2D eigenvalue weighted by molar-refractivity contribution is -0.113. The summed E-state index contributed by atoms with van der Waals surface area (Å²) in [7, 11) is 0. The summed E-state index contributed by atoms with van der Waals surface area (Å²) < 4.78 is 21.5. The van der Waals surface area contributed by atoms with E-state index in [0.717, 1.165) is 5.56 Å². The van der Waals surface area contributed by atoms with Gasteiger partial charge in [-0.25, -0.2) is 9.07 Å². The number of amides is 1. The first-order valence-electron chi connectivity index (χ1n) is 11.0. The minimum Gasteiger partial charge on any atom is -0.489 e. The second-order valence-corrected chi connectivity index (χ2v) is 8.96. The van der Waals surface area contributed by atoms with Gasteiger partial charge in [-0.3, -0.25) is 4.79 Å². The number of nitrogens with zero attached hydrogens (tertiary/aromatic N) is 3. The highest BCUT2D eigenvalue weighted by atomic mass is 35.5. The van der Waals surface area contributed by atoms with Gasteiger partial charge in [0.1, 0.15) is 30.5 Å². The molecule has 1 aliphatic heterocycles. The molecule has 0 radical (unpaired) electrons. The number of benzene rings is 3. The van der Waals surface area contributed by atoms with Crippen LogP contribution in [0, 0.1) is 5.82 Å². The summed E-state index contributed by atoms with van der Waals surface area (Å²) in [5.41, 5.74) is 2.83. The molecule has 0 unspecified atom stereocenters. The predicted octanol–water partition coefficient (Wildman–Crippen LogP) is 6.23. The quantitative estimate of drug-likeness (QED) is 0.313. The van der Waals surface area contributed by atoms with Gasteiger partial charge >= 0.3 is 0 Å². The first kappa shape index (κ1) is 23.8. The largest absolute Gasteiger partial charge is 0.489 e. The minimum absolute atomic E-state index is 0.0147. The van der Waals surface area contributed by atoms with Crippen LogP contribution in [-0.4, -0.2) is 20.7 Å². The summed E-state index contributed by atoms with van der Waals surface area (Å²) in [6.07, 6.45) is 1.43. The van der Waals surface area contributed by atoms with Gasteiger partial charge < -0.3 is 15.4 Å². The Hall–Kier alpha value is -3.88. The van der Waals surface area contributed by atoms with Gasteiger partial charge in [0.25, 0.3) is 5.91 Å². The number of carbonyl (C=O) groups excluding carboxylic acids is 1. The normalized spacial score (nSPS) is 14.7. The van der Waals surface area contributed by atoms with Crippen molar-refractivity contribution in [1.29, 1.82) is 0 Å². The van der Waals surface area contributed by atoms with Crippen LogP contribution in [0.5, 0.6) is 5.75 Å². The fourth-order valence-corrected chi connectivity index (χ4v) is 4.34. The summed E-state index contributed by atoms with van der Waals surface area (Å²) in [6.45, 7) is 1.80. The Balaban J connectivity index is 1.41. The van der Waals surface area contributed by atoms with Crippen LogP contribution >= 0.6 is 23.2 Å². The fourth-order valence-electron chi connectivity index (χ4n) is 4.00. The van der Waals surface area contributed by atoms with Crippen LogP contribution in [0.4, 0.5) is 16.0 Å². The molecular weight excluding hydrogens is 504 g/mol. The minimum atomic E-state index is -0.536.